The van der Waals surface area contributed by atoms with E-state index in [4.69, 9.17) is 0 Å². The minimum Gasteiger partial charge on any atom is -0.367 e. The van der Waals surface area contributed by atoms with Crippen LogP contribution in [0, 0.1) is 5.92 Å². The molecule has 3 nitrogen and oxygen atoms in total. The molecule has 0 spiro atoms. The number of H-pyrrole nitrogens is 1. The van der Waals surface area contributed by atoms with Gasteiger partial charge in [0.05, 0.1) is 0 Å². The van der Waals surface area contributed by atoms with E-state index in [1.165, 1.54) is 25.1 Å². The smallest absolute Gasteiger partial charge is 0.00378 e. The second kappa shape index (κ2) is 5.17. The van der Waals surface area contributed by atoms with Crippen molar-refractivity contribution in [2.75, 3.05) is 26.2 Å². The molecule has 1 atom stereocenters. The van der Waals surface area contributed by atoms with Gasteiger partial charge in [0.2, 0.25) is 0 Å². The lowest BCUT2D eigenvalue weighted by atomic mass is 10.1. The zero-order valence-corrected chi connectivity index (χ0v) is 8.55. The van der Waals surface area contributed by atoms with E-state index in [0.29, 0.717) is 0 Å². The Morgan fingerprint density at radius 3 is 3.21 bits per heavy atom. The maximum Gasteiger partial charge on any atom is 0.00378 e. The van der Waals surface area contributed by atoms with Crippen molar-refractivity contribution in [3.63, 3.8) is 0 Å². The molecule has 1 fully saturated rings. The molecule has 0 radical (unpaired) electrons. The van der Waals surface area contributed by atoms with Gasteiger partial charge >= 0.3 is 0 Å². The Kier molecular flexibility index (Phi) is 3.60. The molecule has 2 rings (SSSR count). The molecule has 14 heavy (non-hydrogen) atoms. The molecule has 1 aliphatic heterocycles. The van der Waals surface area contributed by atoms with E-state index in [1.807, 2.05) is 6.20 Å². The summed E-state index contributed by atoms with van der Waals surface area (Å²) in [4.78, 5) is 3.07. The van der Waals surface area contributed by atoms with E-state index < -0.39 is 0 Å². The van der Waals surface area contributed by atoms with Crippen molar-refractivity contribution in [2.24, 2.45) is 5.92 Å². The molecule has 1 aromatic heterocycles. The van der Waals surface area contributed by atoms with Crippen LogP contribution >= 0.6 is 0 Å². The number of hydrogen-bond acceptors (Lipinski definition) is 2. The topological polar surface area (TPSA) is 39.8 Å². The number of aromatic nitrogens is 1. The zero-order valence-electron chi connectivity index (χ0n) is 8.55. The van der Waals surface area contributed by atoms with Gasteiger partial charge in [-0.25, -0.2) is 0 Å². The Labute approximate surface area is 85.3 Å². The Morgan fingerprint density at radius 2 is 2.50 bits per heavy atom. The van der Waals surface area contributed by atoms with Crippen molar-refractivity contribution in [1.82, 2.24) is 15.6 Å². The quantitative estimate of drug-likeness (QED) is 0.604. The average molecular weight is 193 g/mol. The van der Waals surface area contributed by atoms with Crippen LogP contribution in [-0.2, 0) is 6.42 Å². The molecule has 3 N–H and O–H groups in total. The largest absolute Gasteiger partial charge is 0.367 e. The molecule has 0 amide bonds. The first-order valence-electron chi connectivity index (χ1n) is 5.48. The molecule has 0 bridgehead atoms. The SMILES string of the molecule is c1cc(CCNCC2CCNC2)c[nH]1. The summed E-state index contributed by atoms with van der Waals surface area (Å²) in [6.07, 6.45) is 6.51. The highest BCUT2D eigenvalue weighted by atomic mass is 14.9. The van der Waals surface area contributed by atoms with Crippen LogP contribution in [0.15, 0.2) is 18.5 Å². The molecular weight excluding hydrogens is 174 g/mol. The molecule has 1 unspecified atom stereocenters. The van der Waals surface area contributed by atoms with Crippen molar-refractivity contribution in [3.05, 3.63) is 24.0 Å². The monoisotopic (exact) mass is 193 g/mol. The molecular formula is C11H19N3. The van der Waals surface area contributed by atoms with Gasteiger partial charge in [-0.05, 0) is 56.6 Å². The van der Waals surface area contributed by atoms with Gasteiger partial charge in [0.25, 0.3) is 0 Å². The standard InChI is InChI=1S/C11H19N3/c1-4-12-7-10(1)2-5-13-8-11-3-6-14-9-11/h1,4,7,11-14H,2-3,5-6,8-9H2. The van der Waals surface area contributed by atoms with Crippen LogP contribution in [0.5, 0.6) is 0 Å². The minimum atomic E-state index is 0.848. The van der Waals surface area contributed by atoms with Gasteiger partial charge in [0.1, 0.15) is 0 Å². The summed E-state index contributed by atoms with van der Waals surface area (Å²) < 4.78 is 0. The third-order valence-electron chi connectivity index (χ3n) is 2.85. The first kappa shape index (κ1) is 9.74. The Morgan fingerprint density at radius 1 is 1.50 bits per heavy atom. The zero-order chi connectivity index (χ0) is 9.64. The van der Waals surface area contributed by atoms with Crippen molar-refractivity contribution in [3.8, 4) is 0 Å². The molecule has 1 saturated heterocycles. The first-order chi connectivity index (χ1) is 6.95. The number of hydrogen-bond donors (Lipinski definition) is 3. The molecule has 2 heterocycles. The second-order valence-corrected chi connectivity index (χ2v) is 4.03. The molecule has 0 aromatic carbocycles. The molecule has 1 aliphatic rings. The van der Waals surface area contributed by atoms with Gasteiger partial charge < -0.3 is 15.6 Å². The van der Waals surface area contributed by atoms with E-state index in [2.05, 4.69) is 27.9 Å². The molecule has 78 valence electrons. The van der Waals surface area contributed by atoms with Gasteiger partial charge in [-0.3, -0.25) is 0 Å². The summed E-state index contributed by atoms with van der Waals surface area (Å²) >= 11 is 0. The highest BCUT2D eigenvalue weighted by Crippen LogP contribution is 2.05. The maximum absolute atomic E-state index is 3.51. The highest BCUT2D eigenvalue weighted by Gasteiger charge is 2.12. The summed E-state index contributed by atoms with van der Waals surface area (Å²) in [5, 5.41) is 6.89. The predicted octanol–water partition coefficient (Wildman–Crippen LogP) is 0.756. The normalized spacial score (nSPS) is 21.6. The summed E-state index contributed by atoms with van der Waals surface area (Å²) in [7, 11) is 0. The van der Waals surface area contributed by atoms with Crippen LogP contribution < -0.4 is 10.6 Å². The van der Waals surface area contributed by atoms with E-state index in [-0.39, 0.29) is 0 Å². The molecule has 3 heteroatoms. The summed E-state index contributed by atoms with van der Waals surface area (Å²) in [6, 6.07) is 2.14. The van der Waals surface area contributed by atoms with Crippen LogP contribution in [0.2, 0.25) is 0 Å². The fourth-order valence-corrected chi connectivity index (χ4v) is 1.94. The summed E-state index contributed by atoms with van der Waals surface area (Å²) in [5.41, 5.74) is 1.39. The average Bonchev–Trinajstić information content (AvgIpc) is 2.86. The van der Waals surface area contributed by atoms with Gasteiger partial charge in [-0.2, -0.15) is 0 Å². The van der Waals surface area contributed by atoms with E-state index in [9.17, 15) is 0 Å². The Balaban J connectivity index is 1.55. The lowest BCUT2D eigenvalue weighted by molar-refractivity contribution is 0.515. The third kappa shape index (κ3) is 2.86. The lowest BCUT2D eigenvalue weighted by Gasteiger charge is -2.08. The summed E-state index contributed by atoms with van der Waals surface area (Å²) in [5.74, 6) is 0.848. The summed E-state index contributed by atoms with van der Waals surface area (Å²) in [6.45, 7) is 4.65. The van der Waals surface area contributed by atoms with Gasteiger partial charge in [0, 0.05) is 12.4 Å². The van der Waals surface area contributed by atoms with Crippen LogP contribution in [0.4, 0.5) is 0 Å². The predicted molar refractivity (Wildman–Crippen MR) is 58.3 cm³/mol. The highest BCUT2D eigenvalue weighted by molar-refractivity contribution is 5.08. The molecule has 1 aromatic rings. The van der Waals surface area contributed by atoms with Crippen molar-refractivity contribution in [2.45, 2.75) is 12.8 Å². The van der Waals surface area contributed by atoms with Crippen molar-refractivity contribution in [1.29, 1.82) is 0 Å². The van der Waals surface area contributed by atoms with Crippen LogP contribution in [0.1, 0.15) is 12.0 Å². The number of aromatic amines is 1. The first-order valence-corrected chi connectivity index (χ1v) is 5.48. The molecule has 0 saturated carbocycles. The van der Waals surface area contributed by atoms with Crippen LogP contribution in [0.3, 0.4) is 0 Å². The van der Waals surface area contributed by atoms with Crippen molar-refractivity contribution < 1.29 is 0 Å². The van der Waals surface area contributed by atoms with E-state index in [1.54, 1.807) is 0 Å². The second-order valence-electron chi connectivity index (χ2n) is 4.03. The van der Waals surface area contributed by atoms with Crippen LogP contribution in [-0.4, -0.2) is 31.2 Å². The maximum atomic E-state index is 3.51. The molecule has 0 aliphatic carbocycles. The van der Waals surface area contributed by atoms with Crippen LogP contribution in [0.25, 0.3) is 0 Å². The van der Waals surface area contributed by atoms with Gasteiger partial charge in [-0.15, -0.1) is 0 Å². The third-order valence-corrected chi connectivity index (χ3v) is 2.85. The fourth-order valence-electron chi connectivity index (χ4n) is 1.94. The van der Waals surface area contributed by atoms with Gasteiger partial charge in [-0.1, -0.05) is 0 Å². The van der Waals surface area contributed by atoms with Crippen molar-refractivity contribution >= 4 is 0 Å². The Hall–Kier alpha value is -0.800. The number of rotatable bonds is 5. The van der Waals surface area contributed by atoms with E-state index >= 15 is 0 Å². The Bertz CT molecular complexity index is 237. The van der Waals surface area contributed by atoms with Gasteiger partial charge in [0.15, 0.2) is 0 Å². The lowest BCUT2D eigenvalue weighted by Crippen LogP contribution is -2.26. The minimum absolute atomic E-state index is 0.848. The fraction of sp³-hybridized carbons (Fsp3) is 0.636. The number of nitrogens with one attached hydrogen (secondary N) is 3. The van der Waals surface area contributed by atoms with E-state index in [0.717, 1.165) is 25.4 Å².